The molecule has 4 rings (SSSR count). The summed E-state index contributed by atoms with van der Waals surface area (Å²) in [5.74, 6) is 0. The topological polar surface area (TPSA) is 83.6 Å². The molecule has 4 aromatic rings. The largest absolute Gasteiger partial charge is 0.406 e. The second-order valence-electron chi connectivity index (χ2n) is 12.2. The quantitative estimate of drug-likeness (QED) is 0.0731. The molecule has 0 saturated carbocycles. The summed E-state index contributed by atoms with van der Waals surface area (Å²) >= 11 is 0. The van der Waals surface area contributed by atoms with Crippen LogP contribution in [0, 0.1) is 6.07 Å². The van der Waals surface area contributed by atoms with Crippen LogP contribution in [0.2, 0.25) is 0 Å². The average Bonchev–Trinajstić information content (AvgIpc) is 2.88. The molecule has 0 saturated heterocycles. The molecule has 0 unspecified atom stereocenters. The van der Waals surface area contributed by atoms with Gasteiger partial charge in [-0.1, -0.05) is 116 Å². The Morgan fingerprint density at radius 2 is 1.16 bits per heavy atom. The summed E-state index contributed by atoms with van der Waals surface area (Å²) in [5.41, 5.74) is 12.7. The maximum atomic E-state index is 9.19. The minimum Gasteiger partial charge on any atom is -0.406 e. The molecule has 8 heteroatoms. The van der Waals surface area contributed by atoms with Crippen LogP contribution in [-0.2, 0) is 30.5 Å². The molecule has 0 radical (unpaired) electrons. The summed E-state index contributed by atoms with van der Waals surface area (Å²) in [6.07, 6.45) is 0.715. The van der Waals surface area contributed by atoms with Crippen molar-refractivity contribution in [3.05, 3.63) is 103 Å². The van der Waals surface area contributed by atoms with Gasteiger partial charge in [-0.05, 0) is 39.0 Å². The Morgan fingerprint density at radius 3 is 1.63 bits per heavy atom. The van der Waals surface area contributed by atoms with Crippen LogP contribution in [0.5, 0.6) is 0 Å². The molecule has 236 valence electrons. The molecular formula is C35H46N2O3PPdS-. The number of hydrogen-bond acceptors (Lipinski definition) is 4. The van der Waals surface area contributed by atoms with Crippen molar-refractivity contribution in [1.29, 1.82) is 0 Å². The van der Waals surface area contributed by atoms with Crippen molar-refractivity contribution >= 4 is 34.7 Å². The van der Waals surface area contributed by atoms with E-state index in [0.29, 0.717) is 6.26 Å². The predicted molar refractivity (Wildman–Crippen MR) is 185 cm³/mol. The van der Waals surface area contributed by atoms with Crippen molar-refractivity contribution in [3.63, 3.8) is 0 Å². The van der Waals surface area contributed by atoms with E-state index in [2.05, 4.69) is 115 Å². The van der Waals surface area contributed by atoms with Crippen LogP contribution < -0.4 is 15.9 Å². The molecule has 0 aliphatic rings. The summed E-state index contributed by atoms with van der Waals surface area (Å²) in [6, 6.07) is 36.5. The molecule has 0 bridgehead atoms. The summed E-state index contributed by atoms with van der Waals surface area (Å²) in [4.78, 5) is 2.21. The zero-order valence-corrected chi connectivity index (χ0v) is 30.0. The van der Waals surface area contributed by atoms with Crippen molar-refractivity contribution in [3.8, 4) is 22.3 Å². The van der Waals surface area contributed by atoms with E-state index in [4.69, 9.17) is 10.3 Å². The number of para-hydroxylation sites is 2. The van der Waals surface area contributed by atoms with Crippen LogP contribution in [0.1, 0.15) is 41.5 Å². The molecule has 0 atom stereocenters. The first kappa shape index (κ1) is 38.5. The third-order valence-corrected chi connectivity index (χ3v) is 9.68. The molecule has 0 spiro atoms. The van der Waals surface area contributed by atoms with E-state index in [-0.39, 0.29) is 38.7 Å². The third kappa shape index (κ3) is 12.5. The van der Waals surface area contributed by atoms with Gasteiger partial charge in [0.1, 0.15) is 0 Å². The van der Waals surface area contributed by atoms with Crippen molar-refractivity contribution in [2.45, 2.75) is 51.9 Å². The predicted octanol–water partition coefficient (Wildman–Crippen LogP) is 8.36. The number of nitrogens with zero attached hydrogens (tertiary/aromatic N) is 1. The second-order valence-corrected chi connectivity index (χ2v) is 17.5. The Morgan fingerprint density at radius 1 is 0.721 bits per heavy atom. The zero-order valence-electron chi connectivity index (χ0n) is 26.7. The first-order valence-electron chi connectivity index (χ1n) is 13.8. The number of nitrogen functional groups attached to an aromatic ring is 1. The van der Waals surface area contributed by atoms with E-state index >= 15 is 0 Å². The van der Waals surface area contributed by atoms with Gasteiger partial charge in [-0.15, -0.1) is 35.9 Å². The van der Waals surface area contributed by atoms with Gasteiger partial charge in [0, 0.05) is 45.8 Å². The monoisotopic (exact) mass is 711 g/mol. The van der Waals surface area contributed by atoms with Crippen LogP contribution in [0.3, 0.4) is 0 Å². The van der Waals surface area contributed by atoms with Crippen LogP contribution in [0.15, 0.2) is 97.1 Å². The van der Waals surface area contributed by atoms with E-state index in [1.165, 1.54) is 22.1 Å². The van der Waals surface area contributed by atoms with E-state index in [9.17, 15) is 8.42 Å². The van der Waals surface area contributed by atoms with Crippen LogP contribution in [0.4, 0.5) is 11.4 Å². The fourth-order valence-electron chi connectivity index (χ4n) is 5.02. The van der Waals surface area contributed by atoms with Crippen LogP contribution in [0.25, 0.3) is 22.3 Å². The first-order valence-corrected chi connectivity index (χ1v) is 17.0. The fourth-order valence-corrected chi connectivity index (χ4v) is 9.15. The van der Waals surface area contributed by atoms with Gasteiger partial charge in [-0.2, -0.15) is 8.42 Å². The van der Waals surface area contributed by atoms with Gasteiger partial charge in [-0.3, -0.25) is 4.55 Å². The standard InChI is InChI=1S/C22H32NP.C12H10N.CH4O3S.Pd/c1-21(2,3)24(22(4,5)6)20-16-12-10-14-18(20)17-13-9-11-15-19(17)23(7)8;13-12-9-5-4-8-11(12)10-6-2-1-3-7-10;1-5(2,3)4;/h9-16H,1-8H3;1-6,8-9H,13H2;1H3,(H,2,3,4);/q;-1;;. The minimum atomic E-state index is -3.67. The minimum absolute atomic E-state index is 0. The van der Waals surface area contributed by atoms with Gasteiger partial charge in [0.25, 0.3) is 10.1 Å². The molecule has 4 aromatic carbocycles. The van der Waals surface area contributed by atoms with E-state index < -0.39 is 10.1 Å². The molecule has 0 amide bonds. The van der Waals surface area contributed by atoms with Crippen molar-refractivity contribution in [2.24, 2.45) is 0 Å². The molecular weight excluding hydrogens is 666 g/mol. The SMILES string of the molecule is CN(C)c1ccccc1-c1ccccc1P(C(C)(C)C)C(C)(C)C.CS(=O)(=O)O.Nc1ccccc1-c1[c-]cccc1.[Pd]. The van der Waals surface area contributed by atoms with Crippen molar-refractivity contribution < 1.29 is 33.4 Å². The van der Waals surface area contributed by atoms with Crippen LogP contribution >= 0.6 is 7.92 Å². The molecule has 0 aliphatic carbocycles. The summed E-state index contributed by atoms with van der Waals surface area (Å²) in [5, 5.41) is 2.04. The summed E-state index contributed by atoms with van der Waals surface area (Å²) < 4.78 is 25.9. The molecule has 3 N–H and O–H groups in total. The van der Waals surface area contributed by atoms with E-state index in [0.717, 1.165) is 16.8 Å². The number of nitrogens with two attached hydrogens (primary N) is 1. The number of rotatable bonds is 4. The third-order valence-electron chi connectivity index (χ3n) is 6.12. The smallest absolute Gasteiger partial charge is 0.261 e. The molecule has 43 heavy (non-hydrogen) atoms. The van der Waals surface area contributed by atoms with Gasteiger partial charge in [0.05, 0.1) is 6.26 Å². The van der Waals surface area contributed by atoms with Gasteiger partial charge in [-0.25, -0.2) is 0 Å². The molecule has 0 aliphatic heterocycles. The van der Waals surface area contributed by atoms with E-state index in [1.807, 2.05) is 48.5 Å². The fraction of sp³-hybridized carbons (Fsp3) is 0.314. The number of hydrogen-bond donors (Lipinski definition) is 2. The number of benzene rings is 4. The average molecular weight is 712 g/mol. The molecule has 5 nitrogen and oxygen atoms in total. The second kappa shape index (κ2) is 16.5. The Kier molecular flexibility index (Phi) is 14.8. The number of anilines is 2. The molecule has 0 fully saturated rings. The Hall–Kier alpha value is -2.52. The Labute approximate surface area is 275 Å². The van der Waals surface area contributed by atoms with Gasteiger partial charge in [0.15, 0.2) is 0 Å². The van der Waals surface area contributed by atoms with Gasteiger partial charge in [0.2, 0.25) is 0 Å². The van der Waals surface area contributed by atoms with Gasteiger partial charge < -0.3 is 10.6 Å². The van der Waals surface area contributed by atoms with Gasteiger partial charge >= 0.3 is 0 Å². The summed E-state index contributed by atoms with van der Waals surface area (Å²) in [6.45, 7) is 14.3. The maximum absolute atomic E-state index is 9.19. The zero-order chi connectivity index (χ0) is 31.7. The normalized spacial score (nSPS) is 11.3. The molecule has 0 heterocycles. The summed E-state index contributed by atoms with van der Waals surface area (Å²) in [7, 11) is 0.246. The van der Waals surface area contributed by atoms with Crippen molar-refractivity contribution in [1.82, 2.24) is 0 Å². The Balaban J connectivity index is 0.000000406. The van der Waals surface area contributed by atoms with E-state index in [1.54, 1.807) is 0 Å². The van der Waals surface area contributed by atoms with Crippen LogP contribution in [-0.4, -0.2) is 43.6 Å². The maximum Gasteiger partial charge on any atom is 0.261 e. The van der Waals surface area contributed by atoms with Crippen molar-refractivity contribution in [2.75, 3.05) is 31.0 Å². The first-order chi connectivity index (χ1) is 19.4. The Bertz CT molecular complexity index is 1510. The molecule has 0 aromatic heterocycles.